The van der Waals surface area contributed by atoms with Crippen LogP contribution in [0.2, 0.25) is 0 Å². The molecular formula is C11H19NO2S. The molecule has 1 aliphatic rings. The molecule has 1 saturated carbocycles. The van der Waals surface area contributed by atoms with Crippen LogP contribution in [0.5, 0.6) is 0 Å². The molecule has 15 heavy (non-hydrogen) atoms. The smallest absolute Gasteiger partial charge is 0.151 e. The summed E-state index contributed by atoms with van der Waals surface area (Å²) >= 11 is 0. The highest BCUT2D eigenvalue weighted by atomic mass is 32.2. The van der Waals surface area contributed by atoms with Crippen molar-refractivity contribution in [2.75, 3.05) is 12.8 Å². The Labute approximate surface area is 92.6 Å². The van der Waals surface area contributed by atoms with E-state index >= 15 is 0 Å². The van der Waals surface area contributed by atoms with Crippen LogP contribution in [0.3, 0.4) is 0 Å². The van der Waals surface area contributed by atoms with Crippen molar-refractivity contribution >= 4 is 9.84 Å². The van der Waals surface area contributed by atoms with Crippen LogP contribution in [0.1, 0.15) is 32.6 Å². The van der Waals surface area contributed by atoms with Crippen molar-refractivity contribution in [3.8, 4) is 11.8 Å². The highest BCUT2D eigenvalue weighted by Gasteiger charge is 2.31. The molecule has 0 aromatic heterocycles. The fraction of sp³-hybridized carbons (Fsp3) is 0.818. The van der Waals surface area contributed by atoms with E-state index in [1.165, 1.54) is 6.26 Å². The van der Waals surface area contributed by atoms with Crippen LogP contribution in [0, 0.1) is 11.8 Å². The molecule has 3 nitrogen and oxygen atoms in total. The van der Waals surface area contributed by atoms with Crippen molar-refractivity contribution < 1.29 is 8.42 Å². The van der Waals surface area contributed by atoms with E-state index in [1.54, 1.807) is 6.92 Å². The van der Waals surface area contributed by atoms with Crippen molar-refractivity contribution in [2.24, 2.45) is 0 Å². The minimum atomic E-state index is -2.92. The van der Waals surface area contributed by atoms with Gasteiger partial charge in [0, 0.05) is 12.3 Å². The molecule has 0 amide bonds. The summed E-state index contributed by atoms with van der Waals surface area (Å²) in [5.74, 6) is 5.71. The number of nitrogens with one attached hydrogen (secondary N) is 1. The highest BCUT2D eigenvalue weighted by molar-refractivity contribution is 7.91. The maximum Gasteiger partial charge on any atom is 0.151 e. The average Bonchev–Trinajstić information content (AvgIpc) is 2.17. The first kappa shape index (κ1) is 12.5. The predicted octanol–water partition coefficient (Wildman–Crippen LogP) is 0.955. The Kier molecular flexibility index (Phi) is 4.62. The number of sulfone groups is 1. The van der Waals surface area contributed by atoms with Crippen LogP contribution in [-0.4, -0.2) is 32.5 Å². The second-order valence-electron chi connectivity index (χ2n) is 4.07. The molecule has 0 saturated heterocycles. The Morgan fingerprint density at radius 3 is 2.60 bits per heavy atom. The fourth-order valence-corrected chi connectivity index (χ4v) is 3.54. The molecule has 86 valence electrons. The third kappa shape index (κ3) is 3.84. The van der Waals surface area contributed by atoms with Gasteiger partial charge in [-0.2, -0.15) is 0 Å². The summed E-state index contributed by atoms with van der Waals surface area (Å²) in [6, 6.07) is 0.0922. The number of hydrogen-bond acceptors (Lipinski definition) is 3. The third-order valence-corrected chi connectivity index (χ3v) is 4.55. The number of rotatable bonds is 3. The second-order valence-corrected chi connectivity index (χ2v) is 6.33. The first-order valence-electron chi connectivity index (χ1n) is 5.37. The molecule has 2 atom stereocenters. The molecule has 0 radical (unpaired) electrons. The first-order valence-corrected chi connectivity index (χ1v) is 7.33. The molecule has 0 heterocycles. The Morgan fingerprint density at radius 1 is 1.33 bits per heavy atom. The maximum absolute atomic E-state index is 11.6. The van der Waals surface area contributed by atoms with E-state index in [1.807, 2.05) is 0 Å². The SMILES string of the molecule is CC#CCNC1CCCCC1S(C)(=O)=O. The molecule has 0 aromatic rings. The van der Waals surface area contributed by atoms with Gasteiger partial charge in [0.1, 0.15) is 0 Å². The Bertz CT molecular complexity index is 351. The van der Waals surface area contributed by atoms with Gasteiger partial charge < -0.3 is 5.32 Å². The predicted molar refractivity (Wildman–Crippen MR) is 62.3 cm³/mol. The first-order chi connectivity index (χ1) is 7.05. The van der Waals surface area contributed by atoms with Crippen molar-refractivity contribution in [1.82, 2.24) is 5.32 Å². The van der Waals surface area contributed by atoms with E-state index in [4.69, 9.17) is 0 Å². The Balaban J connectivity index is 2.61. The molecule has 1 N–H and O–H groups in total. The van der Waals surface area contributed by atoms with Gasteiger partial charge >= 0.3 is 0 Å². The Hall–Kier alpha value is -0.530. The second kappa shape index (κ2) is 5.53. The monoisotopic (exact) mass is 229 g/mol. The zero-order valence-electron chi connectivity index (χ0n) is 9.41. The quantitative estimate of drug-likeness (QED) is 0.733. The summed E-state index contributed by atoms with van der Waals surface area (Å²) in [6.07, 6.45) is 5.21. The minimum Gasteiger partial charge on any atom is -0.302 e. The van der Waals surface area contributed by atoms with Crippen LogP contribution >= 0.6 is 0 Å². The summed E-state index contributed by atoms with van der Waals surface area (Å²) in [6.45, 7) is 2.38. The van der Waals surface area contributed by atoms with Crippen LogP contribution in [-0.2, 0) is 9.84 Å². The van der Waals surface area contributed by atoms with Crippen molar-refractivity contribution in [3.05, 3.63) is 0 Å². The lowest BCUT2D eigenvalue weighted by Gasteiger charge is -2.30. The molecular weight excluding hydrogens is 210 g/mol. The summed E-state index contributed by atoms with van der Waals surface area (Å²) < 4.78 is 23.1. The minimum absolute atomic E-state index is 0.0922. The van der Waals surface area contributed by atoms with E-state index in [9.17, 15) is 8.42 Å². The van der Waals surface area contributed by atoms with E-state index < -0.39 is 9.84 Å². The van der Waals surface area contributed by atoms with Gasteiger partial charge in [0.2, 0.25) is 0 Å². The molecule has 1 rings (SSSR count). The Morgan fingerprint density at radius 2 is 2.00 bits per heavy atom. The van der Waals surface area contributed by atoms with Crippen molar-refractivity contribution in [2.45, 2.75) is 43.9 Å². The summed E-state index contributed by atoms with van der Waals surface area (Å²) in [5, 5.41) is 3.01. The van der Waals surface area contributed by atoms with E-state index in [-0.39, 0.29) is 11.3 Å². The molecule has 4 heteroatoms. The van der Waals surface area contributed by atoms with Gasteiger partial charge in [-0.15, -0.1) is 5.92 Å². The van der Waals surface area contributed by atoms with Gasteiger partial charge in [-0.05, 0) is 19.8 Å². The van der Waals surface area contributed by atoms with Crippen molar-refractivity contribution in [1.29, 1.82) is 0 Å². The third-order valence-electron chi connectivity index (χ3n) is 2.88. The van der Waals surface area contributed by atoms with Crippen LogP contribution in [0.15, 0.2) is 0 Å². The van der Waals surface area contributed by atoms with E-state index in [0.29, 0.717) is 6.54 Å². The molecule has 0 aliphatic heterocycles. The van der Waals surface area contributed by atoms with E-state index in [0.717, 1.165) is 25.7 Å². The summed E-state index contributed by atoms with van der Waals surface area (Å²) in [7, 11) is -2.92. The average molecular weight is 229 g/mol. The standard InChI is InChI=1S/C11H19NO2S/c1-3-4-9-12-10-7-5-6-8-11(10)15(2,13)14/h10-12H,5-9H2,1-2H3. The molecule has 0 spiro atoms. The van der Waals surface area contributed by atoms with Gasteiger partial charge in [-0.25, -0.2) is 8.42 Å². The van der Waals surface area contributed by atoms with Crippen LogP contribution in [0.4, 0.5) is 0 Å². The lowest BCUT2D eigenvalue weighted by atomic mass is 9.95. The molecule has 1 fully saturated rings. The zero-order chi connectivity index (χ0) is 11.3. The zero-order valence-corrected chi connectivity index (χ0v) is 10.2. The fourth-order valence-electron chi connectivity index (χ4n) is 2.11. The number of hydrogen-bond donors (Lipinski definition) is 1. The van der Waals surface area contributed by atoms with Gasteiger partial charge in [0.25, 0.3) is 0 Å². The van der Waals surface area contributed by atoms with E-state index in [2.05, 4.69) is 17.2 Å². The molecule has 1 aliphatic carbocycles. The van der Waals surface area contributed by atoms with Crippen LogP contribution in [0.25, 0.3) is 0 Å². The van der Waals surface area contributed by atoms with Crippen LogP contribution < -0.4 is 5.32 Å². The molecule has 0 bridgehead atoms. The van der Waals surface area contributed by atoms with Gasteiger partial charge in [0.05, 0.1) is 11.8 Å². The topological polar surface area (TPSA) is 46.2 Å². The van der Waals surface area contributed by atoms with Gasteiger partial charge in [-0.3, -0.25) is 0 Å². The summed E-state index contributed by atoms with van der Waals surface area (Å²) in [4.78, 5) is 0. The maximum atomic E-state index is 11.6. The lowest BCUT2D eigenvalue weighted by molar-refractivity contribution is 0.383. The van der Waals surface area contributed by atoms with Gasteiger partial charge in [0.15, 0.2) is 9.84 Å². The van der Waals surface area contributed by atoms with Crippen molar-refractivity contribution in [3.63, 3.8) is 0 Å². The normalized spacial score (nSPS) is 26.8. The molecule has 0 aromatic carbocycles. The molecule has 2 unspecified atom stereocenters. The largest absolute Gasteiger partial charge is 0.302 e. The lowest BCUT2D eigenvalue weighted by Crippen LogP contribution is -2.46. The highest BCUT2D eigenvalue weighted by Crippen LogP contribution is 2.23. The summed E-state index contributed by atoms with van der Waals surface area (Å²) in [5.41, 5.74) is 0. The van der Waals surface area contributed by atoms with Gasteiger partial charge in [-0.1, -0.05) is 18.8 Å².